The average molecular weight is 413 g/mol. The molecule has 1 heterocycles. The van der Waals surface area contributed by atoms with Crippen molar-refractivity contribution in [2.45, 2.75) is 13.0 Å². The van der Waals surface area contributed by atoms with Gasteiger partial charge in [0.25, 0.3) is 11.5 Å². The number of nitrogens with zero attached hydrogens (tertiary/aromatic N) is 3. The fourth-order valence-corrected chi connectivity index (χ4v) is 3.65. The molecule has 4 rings (SSSR count). The molecule has 0 aliphatic heterocycles. The lowest BCUT2D eigenvalue weighted by atomic mass is 10.0. The SMILES string of the molecule is COc1ccccc1C(C)N(C)C(=O)c1nn(-c2ccccc2)c(=O)c2ccccc12. The van der Waals surface area contributed by atoms with E-state index in [1.165, 1.54) is 4.68 Å². The molecule has 31 heavy (non-hydrogen) atoms. The number of fused-ring (bicyclic) bond motifs is 1. The van der Waals surface area contributed by atoms with E-state index in [1.807, 2.05) is 49.4 Å². The quantitative estimate of drug-likeness (QED) is 0.491. The number of methoxy groups -OCH3 is 1. The number of ether oxygens (including phenoxy) is 1. The van der Waals surface area contributed by atoms with Crippen LogP contribution < -0.4 is 10.3 Å². The number of amides is 1. The molecular weight excluding hydrogens is 390 g/mol. The van der Waals surface area contributed by atoms with Gasteiger partial charge in [0.05, 0.1) is 24.2 Å². The zero-order chi connectivity index (χ0) is 22.0. The van der Waals surface area contributed by atoms with Crippen molar-refractivity contribution in [3.63, 3.8) is 0 Å². The average Bonchev–Trinajstić information content (AvgIpc) is 2.83. The van der Waals surface area contributed by atoms with E-state index in [4.69, 9.17) is 4.74 Å². The van der Waals surface area contributed by atoms with Gasteiger partial charge in [-0.1, -0.05) is 54.6 Å². The fraction of sp³-hybridized carbons (Fsp3) is 0.160. The van der Waals surface area contributed by atoms with E-state index in [0.717, 1.165) is 5.56 Å². The van der Waals surface area contributed by atoms with E-state index in [0.29, 0.717) is 22.2 Å². The highest BCUT2D eigenvalue weighted by Crippen LogP contribution is 2.29. The number of hydrogen-bond acceptors (Lipinski definition) is 4. The Balaban J connectivity index is 1.84. The molecule has 0 spiro atoms. The third-order valence-corrected chi connectivity index (χ3v) is 5.50. The van der Waals surface area contributed by atoms with Gasteiger partial charge < -0.3 is 9.64 Å². The molecule has 1 aromatic heterocycles. The molecule has 0 saturated carbocycles. The Kier molecular flexibility index (Phi) is 5.54. The molecule has 156 valence electrons. The van der Waals surface area contributed by atoms with Gasteiger partial charge in [0.2, 0.25) is 0 Å². The van der Waals surface area contributed by atoms with Gasteiger partial charge in [0, 0.05) is 18.0 Å². The molecule has 0 bridgehead atoms. The van der Waals surface area contributed by atoms with Gasteiger partial charge in [0.15, 0.2) is 5.69 Å². The van der Waals surface area contributed by atoms with E-state index in [-0.39, 0.29) is 23.2 Å². The summed E-state index contributed by atoms with van der Waals surface area (Å²) in [6, 6.07) is 23.5. The Morgan fingerprint density at radius 3 is 2.26 bits per heavy atom. The van der Waals surface area contributed by atoms with Gasteiger partial charge in [-0.2, -0.15) is 9.78 Å². The minimum Gasteiger partial charge on any atom is -0.496 e. The van der Waals surface area contributed by atoms with Crippen LogP contribution in [-0.2, 0) is 0 Å². The van der Waals surface area contributed by atoms with Crippen molar-refractivity contribution in [2.24, 2.45) is 0 Å². The van der Waals surface area contributed by atoms with Crippen LogP contribution in [0.4, 0.5) is 0 Å². The van der Waals surface area contributed by atoms with Crippen LogP contribution in [0.2, 0.25) is 0 Å². The van der Waals surface area contributed by atoms with Crippen molar-refractivity contribution in [1.29, 1.82) is 0 Å². The van der Waals surface area contributed by atoms with E-state index in [9.17, 15) is 9.59 Å². The number of rotatable bonds is 5. The zero-order valence-electron chi connectivity index (χ0n) is 17.6. The highest BCUT2D eigenvalue weighted by atomic mass is 16.5. The summed E-state index contributed by atoms with van der Waals surface area (Å²) >= 11 is 0. The topological polar surface area (TPSA) is 64.4 Å². The molecule has 4 aromatic rings. The van der Waals surface area contributed by atoms with Crippen molar-refractivity contribution in [3.8, 4) is 11.4 Å². The number of carbonyl (C=O) groups is 1. The van der Waals surface area contributed by atoms with Crippen LogP contribution in [0.25, 0.3) is 16.5 Å². The molecule has 0 radical (unpaired) electrons. The summed E-state index contributed by atoms with van der Waals surface area (Å²) in [6.45, 7) is 1.94. The molecular formula is C25H23N3O3. The summed E-state index contributed by atoms with van der Waals surface area (Å²) in [5.74, 6) is 0.431. The highest BCUT2D eigenvalue weighted by molar-refractivity contribution is 6.04. The summed E-state index contributed by atoms with van der Waals surface area (Å²) < 4.78 is 6.75. The van der Waals surface area contributed by atoms with Crippen LogP contribution in [0.15, 0.2) is 83.7 Å². The Morgan fingerprint density at radius 1 is 0.935 bits per heavy atom. The number of benzene rings is 3. The first-order valence-corrected chi connectivity index (χ1v) is 10.0. The second-order valence-electron chi connectivity index (χ2n) is 7.28. The van der Waals surface area contributed by atoms with Gasteiger partial charge >= 0.3 is 0 Å². The maximum Gasteiger partial charge on any atom is 0.279 e. The standard InChI is InChI=1S/C25H23N3O3/c1-17(19-13-9-10-16-22(19)31-3)27(2)25(30)23-20-14-7-8-15-21(20)24(29)28(26-23)18-11-5-4-6-12-18/h4-17H,1-3H3. The highest BCUT2D eigenvalue weighted by Gasteiger charge is 2.25. The second-order valence-corrected chi connectivity index (χ2v) is 7.28. The number of para-hydroxylation sites is 2. The predicted octanol–water partition coefficient (Wildman–Crippen LogP) is 4.23. The van der Waals surface area contributed by atoms with Gasteiger partial charge in [-0.05, 0) is 31.2 Å². The molecule has 1 amide bonds. The molecule has 6 nitrogen and oxygen atoms in total. The summed E-state index contributed by atoms with van der Waals surface area (Å²) in [5.41, 5.74) is 1.45. The zero-order valence-corrected chi connectivity index (χ0v) is 17.6. The first kappa shape index (κ1) is 20.3. The first-order chi connectivity index (χ1) is 15.0. The third-order valence-electron chi connectivity index (χ3n) is 5.50. The predicted molar refractivity (Wildman–Crippen MR) is 121 cm³/mol. The normalized spacial score (nSPS) is 11.8. The molecule has 1 unspecified atom stereocenters. The third kappa shape index (κ3) is 3.68. The van der Waals surface area contributed by atoms with Crippen molar-refractivity contribution in [1.82, 2.24) is 14.7 Å². The number of aromatic nitrogens is 2. The second kappa shape index (κ2) is 8.44. The minimum atomic E-state index is -0.278. The molecule has 0 saturated heterocycles. The van der Waals surface area contributed by atoms with Crippen molar-refractivity contribution in [3.05, 3.63) is 100 Å². The van der Waals surface area contributed by atoms with E-state index < -0.39 is 0 Å². The largest absolute Gasteiger partial charge is 0.496 e. The van der Waals surface area contributed by atoms with Crippen LogP contribution in [0.3, 0.4) is 0 Å². The van der Waals surface area contributed by atoms with Crippen molar-refractivity contribution < 1.29 is 9.53 Å². The van der Waals surface area contributed by atoms with Crippen molar-refractivity contribution >= 4 is 16.7 Å². The number of hydrogen-bond donors (Lipinski definition) is 0. The fourth-order valence-electron chi connectivity index (χ4n) is 3.65. The molecule has 0 fully saturated rings. The summed E-state index contributed by atoms with van der Waals surface area (Å²) in [7, 11) is 3.34. The van der Waals surface area contributed by atoms with Crippen LogP contribution in [0, 0.1) is 0 Å². The van der Waals surface area contributed by atoms with Crippen molar-refractivity contribution in [2.75, 3.05) is 14.2 Å². The Bertz CT molecular complexity index is 1300. The molecule has 1 atom stereocenters. The maximum atomic E-state index is 13.6. The van der Waals surface area contributed by atoms with Gasteiger partial charge in [-0.25, -0.2) is 0 Å². The summed E-state index contributed by atoms with van der Waals surface area (Å²) in [6.07, 6.45) is 0. The molecule has 0 aliphatic rings. The van der Waals surface area contributed by atoms with Crippen LogP contribution in [0.5, 0.6) is 5.75 Å². The lowest BCUT2D eigenvalue weighted by molar-refractivity contribution is 0.0735. The Hall–Kier alpha value is -3.93. The first-order valence-electron chi connectivity index (χ1n) is 10.0. The monoisotopic (exact) mass is 413 g/mol. The van der Waals surface area contributed by atoms with Crippen LogP contribution in [-0.4, -0.2) is 34.7 Å². The van der Waals surface area contributed by atoms with E-state index in [2.05, 4.69) is 5.10 Å². The lowest BCUT2D eigenvalue weighted by Crippen LogP contribution is -2.33. The Morgan fingerprint density at radius 2 is 1.55 bits per heavy atom. The van der Waals surface area contributed by atoms with E-state index in [1.54, 1.807) is 55.5 Å². The Labute approximate surface area is 180 Å². The van der Waals surface area contributed by atoms with E-state index >= 15 is 0 Å². The number of carbonyl (C=O) groups excluding carboxylic acids is 1. The molecule has 3 aromatic carbocycles. The van der Waals surface area contributed by atoms with Gasteiger partial charge in [0.1, 0.15) is 5.75 Å². The van der Waals surface area contributed by atoms with Crippen LogP contribution in [0.1, 0.15) is 29.0 Å². The molecule has 6 heteroatoms. The molecule has 0 N–H and O–H groups in total. The van der Waals surface area contributed by atoms with Gasteiger partial charge in [-0.15, -0.1) is 0 Å². The maximum absolute atomic E-state index is 13.6. The summed E-state index contributed by atoms with van der Waals surface area (Å²) in [5, 5.41) is 5.47. The van der Waals surface area contributed by atoms with Gasteiger partial charge in [-0.3, -0.25) is 9.59 Å². The minimum absolute atomic E-state index is 0.225. The lowest BCUT2D eigenvalue weighted by Gasteiger charge is -2.26. The summed E-state index contributed by atoms with van der Waals surface area (Å²) in [4.78, 5) is 28.3. The molecule has 0 aliphatic carbocycles. The smallest absolute Gasteiger partial charge is 0.279 e. The van der Waals surface area contributed by atoms with Crippen LogP contribution >= 0.6 is 0 Å².